The lowest BCUT2D eigenvalue weighted by Gasteiger charge is -2.37. The Morgan fingerprint density at radius 2 is 1.94 bits per heavy atom. The highest BCUT2D eigenvalue weighted by atomic mass is 35.5. The normalized spacial score (nSPS) is 17.8. The fourth-order valence-electron chi connectivity index (χ4n) is 2.04. The Morgan fingerprint density at radius 1 is 1.29 bits per heavy atom. The van der Waals surface area contributed by atoms with E-state index >= 15 is 0 Å². The molecule has 1 aliphatic heterocycles. The van der Waals surface area contributed by atoms with Crippen LogP contribution in [-0.4, -0.2) is 47.1 Å². The molecule has 5 nitrogen and oxygen atoms in total. The van der Waals surface area contributed by atoms with Crippen LogP contribution < -0.4 is 10.6 Å². The van der Waals surface area contributed by atoms with Crippen molar-refractivity contribution in [2.45, 2.75) is 19.9 Å². The molecule has 0 aromatic carbocycles. The third kappa shape index (κ3) is 2.79. The molecule has 1 saturated heterocycles. The first-order valence-corrected chi connectivity index (χ1v) is 6.22. The summed E-state index contributed by atoms with van der Waals surface area (Å²) in [6.45, 7) is 8.33. The van der Waals surface area contributed by atoms with E-state index in [0.29, 0.717) is 11.1 Å². The Hall–Kier alpha value is -1.07. The van der Waals surface area contributed by atoms with E-state index in [1.807, 2.05) is 0 Å². The van der Waals surface area contributed by atoms with Gasteiger partial charge >= 0.3 is 0 Å². The smallest absolute Gasteiger partial charge is 0.222 e. The standard InChI is InChI=1S/C11H18ClN5/c1-8(2)16-3-5-17(6-4-16)10-9(12)7-14-11(13)15-10/h7-8H,3-6H2,1-2H3,(H2,13,14,15). The number of nitrogens with zero attached hydrogens (tertiary/aromatic N) is 4. The van der Waals surface area contributed by atoms with Crippen LogP contribution in [0.25, 0.3) is 0 Å². The van der Waals surface area contributed by atoms with Crippen LogP contribution in [0.1, 0.15) is 13.8 Å². The quantitative estimate of drug-likeness (QED) is 0.862. The molecule has 0 saturated carbocycles. The van der Waals surface area contributed by atoms with Gasteiger partial charge < -0.3 is 10.6 Å². The number of hydrogen-bond acceptors (Lipinski definition) is 5. The Bertz CT molecular complexity index is 387. The van der Waals surface area contributed by atoms with Crippen molar-refractivity contribution in [2.75, 3.05) is 36.8 Å². The summed E-state index contributed by atoms with van der Waals surface area (Å²) in [5.74, 6) is 1.03. The average Bonchev–Trinajstić information content (AvgIpc) is 2.32. The van der Waals surface area contributed by atoms with Gasteiger partial charge in [-0.2, -0.15) is 4.98 Å². The SMILES string of the molecule is CC(C)N1CCN(c2nc(N)ncc2Cl)CC1. The van der Waals surface area contributed by atoms with Gasteiger partial charge in [0.15, 0.2) is 5.82 Å². The summed E-state index contributed by atoms with van der Waals surface area (Å²) >= 11 is 6.09. The summed E-state index contributed by atoms with van der Waals surface area (Å²) in [4.78, 5) is 12.7. The molecule has 17 heavy (non-hydrogen) atoms. The zero-order valence-electron chi connectivity index (χ0n) is 10.2. The van der Waals surface area contributed by atoms with Gasteiger partial charge in [0.05, 0.1) is 6.20 Å². The van der Waals surface area contributed by atoms with E-state index in [9.17, 15) is 0 Å². The molecular formula is C11H18ClN5. The Balaban J connectivity index is 2.07. The van der Waals surface area contributed by atoms with Crippen LogP contribution >= 0.6 is 11.6 Å². The second kappa shape index (κ2) is 5.06. The lowest BCUT2D eigenvalue weighted by molar-refractivity contribution is 0.209. The molecule has 6 heteroatoms. The molecule has 0 spiro atoms. The highest BCUT2D eigenvalue weighted by Gasteiger charge is 2.21. The van der Waals surface area contributed by atoms with E-state index in [4.69, 9.17) is 17.3 Å². The number of piperazine rings is 1. The second-order valence-corrected chi connectivity index (χ2v) is 4.92. The Labute approximate surface area is 107 Å². The largest absolute Gasteiger partial charge is 0.368 e. The van der Waals surface area contributed by atoms with Gasteiger partial charge in [-0.05, 0) is 13.8 Å². The van der Waals surface area contributed by atoms with Crippen LogP contribution in [-0.2, 0) is 0 Å². The highest BCUT2D eigenvalue weighted by molar-refractivity contribution is 6.32. The van der Waals surface area contributed by atoms with E-state index < -0.39 is 0 Å². The Morgan fingerprint density at radius 3 is 2.53 bits per heavy atom. The maximum atomic E-state index is 6.09. The van der Waals surface area contributed by atoms with Crippen molar-refractivity contribution in [2.24, 2.45) is 0 Å². The first kappa shape index (κ1) is 12.4. The molecule has 0 radical (unpaired) electrons. The maximum Gasteiger partial charge on any atom is 0.222 e. The van der Waals surface area contributed by atoms with Crippen LogP contribution in [0, 0.1) is 0 Å². The predicted octanol–water partition coefficient (Wildman–Crippen LogP) is 1.24. The molecule has 2 rings (SSSR count). The Kier molecular flexibility index (Phi) is 3.69. The third-order valence-electron chi connectivity index (χ3n) is 3.09. The van der Waals surface area contributed by atoms with Gasteiger partial charge in [-0.3, -0.25) is 4.90 Å². The summed E-state index contributed by atoms with van der Waals surface area (Å²) < 4.78 is 0. The zero-order valence-corrected chi connectivity index (χ0v) is 11.0. The average molecular weight is 256 g/mol. The second-order valence-electron chi connectivity index (χ2n) is 4.52. The van der Waals surface area contributed by atoms with Crippen molar-refractivity contribution < 1.29 is 0 Å². The third-order valence-corrected chi connectivity index (χ3v) is 3.35. The van der Waals surface area contributed by atoms with Crippen molar-refractivity contribution in [1.82, 2.24) is 14.9 Å². The molecule has 0 unspecified atom stereocenters. The minimum absolute atomic E-state index is 0.274. The fraction of sp³-hybridized carbons (Fsp3) is 0.636. The predicted molar refractivity (Wildman–Crippen MR) is 70.4 cm³/mol. The lowest BCUT2D eigenvalue weighted by atomic mass is 10.2. The molecule has 0 bridgehead atoms. The number of aromatic nitrogens is 2. The van der Waals surface area contributed by atoms with Crippen molar-refractivity contribution >= 4 is 23.4 Å². The number of halogens is 1. The molecular weight excluding hydrogens is 238 g/mol. The lowest BCUT2D eigenvalue weighted by Crippen LogP contribution is -2.49. The monoisotopic (exact) mass is 255 g/mol. The van der Waals surface area contributed by atoms with Crippen LogP contribution in [0.15, 0.2) is 6.20 Å². The van der Waals surface area contributed by atoms with E-state index in [0.717, 1.165) is 32.0 Å². The van der Waals surface area contributed by atoms with Crippen LogP contribution in [0.5, 0.6) is 0 Å². The zero-order chi connectivity index (χ0) is 12.4. The minimum Gasteiger partial charge on any atom is -0.368 e. The summed E-state index contributed by atoms with van der Waals surface area (Å²) in [6.07, 6.45) is 1.56. The molecule has 94 valence electrons. The summed E-state index contributed by atoms with van der Waals surface area (Å²) in [7, 11) is 0. The minimum atomic E-state index is 0.274. The van der Waals surface area contributed by atoms with Crippen LogP contribution in [0.2, 0.25) is 5.02 Å². The van der Waals surface area contributed by atoms with E-state index in [1.54, 1.807) is 6.20 Å². The first-order valence-electron chi connectivity index (χ1n) is 5.85. The van der Waals surface area contributed by atoms with Crippen molar-refractivity contribution in [3.63, 3.8) is 0 Å². The van der Waals surface area contributed by atoms with Crippen LogP contribution in [0.3, 0.4) is 0 Å². The number of hydrogen-bond donors (Lipinski definition) is 1. The molecule has 2 N–H and O–H groups in total. The first-order chi connectivity index (χ1) is 8.08. The van der Waals surface area contributed by atoms with Crippen molar-refractivity contribution in [3.05, 3.63) is 11.2 Å². The molecule has 1 aromatic heterocycles. The molecule has 1 fully saturated rings. The summed E-state index contributed by atoms with van der Waals surface area (Å²) in [5, 5.41) is 0.567. The van der Waals surface area contributed by atoms with Gasteiger partial charge in [0.2, 0.25) is 5.95 Å². The van der Waals surface area contributed by atoms with Crippen molar-refractivity contribution in [1.29, 1.82) is 0 Å². The van der Waals surface area contributed by atoms with Crippen molar-refractivity contribution in [3.8, 4) is 0 Å². The van der Waals surface area contributed by atoms with Gasteiger partial charge in [-0.25, -0.2) is 4.98 Å². The van der Waals surface area contributed by atoms with Crippen LogP contribution in [0.4, 0.5) is 11.8 Å². The molecule has 1 aromatic rings. The summed E-state index contributed by atoms with van der Waals surface area (Å²) in [5.41, 5.74) is 5.59. The molecule has 0 amide bonds. The van der Waals surface area contributed by atoms with Gasteiger partial charge in [0, 0.05) is 32.2 Å². The number of nitrogen functional groups attached to an aromatic ring is 1. The summed E-state index contributed by atoms with van der Waals surface area (Å²) in [6, 6.07) is 0.586. The number of nitrogens with two attached hydrogens (primary N) is 1. The van der Waals surface area contributed by atoms with E-state index in [2.05, 4.69) is 33.6 Å². The molecule has 0 aliphatic carbocycles. The molecule has 2 heterocycles. The highest BCUT2D eigenvalue weighted by Crippen LogP contribution is 2.24. The van der Waals surface area contributed by atoms with Gasteiger partial charge in [0.1, 0.15) is 5.02 Å². The topological polar surface area (TPSA) is 58.3 Å². The molecule has 0 atom stereocenters. The van der Waals surface area contributed by atoms with Gasteiger partial charge in [0.25, 0.3) is 0 Å². The maximum absolute atomic E-state index is 6.09. The fourth-order valence-corrected chi connectivity index (χ4v) is 2.25. The molecule has 1 aliphatic rings. The number of anilines is 2. The van der Waals surface area contributed by atoms with Gasteiger partial charge in [-0.15, -0.1) is 0 Å². The number of rotatable bonds is 2. The van der Waals surface area contributed by atoms with E-state index in [1.165, 1.54) is 0 Å². The van der Waals surface area contributed by atoms with E-state index in [-0.39, 0.29) is 5.95 Å². The van der Waals surface area contributed by atoms with Gasteiger partial charge in [-0.1, -0.05) is 11.6 Å².